The van der Waals surface area contributed by atoms with Gasteiger partial charge >= 0.3 is 5.97 Å². The van der Waals surface area contributed by atoms with Gasteiger partial charge in [0.25, 0.3) is 0 Å². The Hall–Kier alpha value is -1.10. The van der Waals surface area contributed by atoms with Crippen LogP contribution in [-0.2, 0) is 4.74 Å². The monoisotopic (exact) mass is 284 g/mol. The summed E-state index contributed by atoms with van der Waals surface area (Å²) in [5, 5.41) is 3.27. The summed E-state index contributed by atoms with van der Waals surface area (Å²) in [5.74, 6) is 0.218. The first-order chi connectivity index (χ1) is 7.54. The lowest BCUT2D eigenvalue weighted by Crippen LogP contribution is -2.20. The van der Waals surface area contributed by atoms with E-state index in [0.29, 0.717) is 11.4 Å². The minimum atomic E-state index is -0.374. The maximum absolute atomic E-state index is 11.6. The number of nitrogens with zero attached hydrogens (tertiary/aromatic N) is 1. The van der Waals surface area contributed by atoms with Crippen LogP contribution < -0.4 is 5.32 Å². The van der Waals surface area contributed by atoms with E-state index in [0.717, 1.165) is 17.3 Å². The van der Waals surface area contributed by atoms with Gasteiger partial charge in [-0.15, -0.1) is 0 Å². The van der Waals surface area contributed by atoms with Crippen LogP contribution in [-0.4, -0.2) is 23.6 Å². The number of hydrogen-bond donors (Lipinski definition) is 1. The predicted molar refractivity (Wildman–Crippen MR) is 64.5 cm³/mol. The third kappa shape index (κ3) is 2.35. The molecule has 2 rings (SSSR count). The number of halogens is 1. The number of ether oxygens (including phenoxy) is 1. The molecule has 1 aliphatic carbocycles. The van der Waals surface area contributed by atoms with Crippen molar-refractivity contribution in [2.45, 2.75) is 25.3 Å². The highest BCUT2D eigenvalue weighted by molar-refractivity contribution is 9.10. The van der Waals surface area contributed by atoms with Crippen molar-refractivity contribution in [3.8, 4) is 0 Å². The molecular weight excluding hydrogens is 272 g/mol. The number of esters is 1. The molecule has 1 heterocycles. The Kier molecular flexibility index (Phi) is 2.88. The molecule has 0 unspecified atom stereocenters. The second kappa shape index (κ2) is 4.05. The van der Waals surface area contributed by atoms with Crippen molar-refractivity contribution in [3.05, 3.63) is 22.3 Å². The highest BCUT2D eigenvalue weighted by Crippen LogP contribution is 2.38. The average Bonchev–Trinajstić information content (AvgIpc) is 2.98. The summed E-state index contributed by atoms with van der Waals surface area (Å²) in [4.78, 5) is 15.8. The number of aromatic nitrogens is 1. The van der Waals surface area contributed by atoms with Crippen molar-refractivity contribution in [2.75, 3.05) is 12.4 Å². The number of carbonyl (C=O) groups is 1. The Labute approximate surface area is 103 Å². The zero-order chi connectivity index (χ0) is 11.8. The maximum Gasteiger partial charge on any atom is 0.341 e. The van der Waals surface area contributed by atoms with Gasteiger partial charge in [0.2, 0.25) is 0 Å². The molecule has 0 aliphatic heterocycles. The van der Waals surface area contributed by atoms with E-state index in [4.69, 9.17) is 4.74 Å². The van der Waals surface area contributed by atoms with Crippen LogP contribution in [0.2, 0.25) is 0 Å². The third-order valence-corrected chi connectivity index (χ3v) is 3.11. The van der Waals surface area contributed by atoms with Crippen LogP contribution in [0.15, 0.2) is 16.7 Å². The largest absolute Gasteiger partial charge is 0.465 e. The quantitative estimate of drug-likeness (QED) is 0.867. The van der Waals surface area contributed by atoms with Gasteiger partial charge in [0.1, 0.15) is 11.4 Å². The minimum absolute atomic E-state index is 0.0869. The highest BCUT2D eigenvalue weighted by atomic mass is 79.9. The molecule has 0 amide bonds. The van der Waals surface area contributed by atoms with E-state index in [1.54, 1.807) is 12.3 Å². The fourth-order valence-electron chi connectivity index (χ4n) is 1.40. The van der Waals surface area contributed by atoms with Gasteiger partial charge in [0.05, 0.1) is 7.11 Å². The predicted octanol–water partition coefficient (Wildman–Crippen LogP) is 2.60. The van der Waals surface area contributed by atoms with Gasteiger partial charge in [-0.3, -0.25) is 0 Å². The van der Waals surface area contributed by atoms with Gasteiger partial charge < -0.3 is 10.1 Å². The molecule has 5 heteroatoms. The molecule has 0 atom stereocenters. The molecule has 4 nitrogen and oxygen atoms in total. The van der Waals surface area contributed by atoms with Crippen molar-refractivity contribution in [2.24, 2.45) is 0 Å². The van der Waals surface area contributed by atoms with Crippen LogP contribution in [0.3, 0.4) is 0 Å². The van der Waals surface area contributed by atoms with E-state index in [1.807, 2.05) is 0 Å². The van der Waals surface area contributed by atoms with Crippen molar-refractivity contribution in [3.63, 3.8) is 0 Å². The van der Waals surface area contributed by atoms with Gasteiger partial charge in [-0.1, -0.05) is 0 Å². The zero-order valence-corrected chi connectivity index (χ0v) is 10.8. The highest BCUT2D eigenvalue weighted by Gasteiger charge is 2.38. The summed E-state index contributed by atoms with van der Waals surface area (Å²) in [6.07, 6.45) is 3.87. The van der Waals surface area contributed by atoms with E-state index in [9.17, 15) is 4.79 Å². The van der Waals surface area contributed by atoms with Crippen LogP contribution in [0.1, 0.15) is 30.1 Å². The molecule has 1 fully saturated rings. The second-order valence-electron chi connectivity index (χ2n) is 4.23. The topological polar surface area (TPSA) is 51.2 Å². The fourth-order valence-corrected chi connectivity index (χ4v) is 1.73. The van der Waals surface area contributed by atoms with Gasteiger partial charge in [0, 0.05) is 16.2 Å². The molecule has 0 aromatic carbocycles. The van der Waals surface area contributed by atoms with Crippen molar-refractivity contribution in [1.29, 1.82) is 0 Å². The second-order valence-corrected chi connectivity index (χ2v) is 5.14. The summed E-state index contributed by atoms with van der Waals surface area (Å²) < 4.78 is 5.49. The Morgan fingerprint density at radius 2 is 2.31 bits per heavy atom. The summed E-state index contributed by atoms with van der Waals surface area (Å²) >= 11 is 3.29. The van der Waals surface area contributed by atoms with Gasteiger partial charge in [-0.05, 0) is 41.8 Å². The molecule has 1 aromatic rings. The van der Waals surface area contributed by atoms with E-state index in [2.05, 4.69) is 33.2 Å². The first-order valence-corrected chi connectivity index (χ1v) is 5.85. The first-order valence-electron chi connectivity index (χ1n) is 5.06. The molecule has 1 saturated carbocycles. The van der Waals surface area contributed by atoms with Crippen LogP contribution in [0, 0.1) is 0 Å². The number of nitrogens with one attached hydrogen (secondary N) is 1. The summed E-state index contributed by atoms with van der Waals surface area (Å²) in [7, 11) is 1.37. The molecular formula is C11H13BrN2O2. The Morgan fingerprint density at radius 1 is 1.62 bits per heavy atom. The first kappa shape index (κ1) is 11.4. The molecule has 0 radical (unpaired) electrons. The lowest BCUT2D eigenvalue weighted by Gasteiger charge is -2.14. The van der Waals surface area contributed by atoms with Crippen molar-refractivity contribution < 1.29 is 9.53 Å². The van der Waals surface area contributed by atoms with Crippen LogP contribution in [0.5, 0.6) is 0 Å². The molecule has 0 spiro atoms. The third-order valence-electron chi connectivity index (χ3n) is 2.68. The summed E-state index contributed by atoms with van der Waals surface area (Å²) in [6.45, 7) is 2.11. The SMILES string of the molecule is COC(=O)c1cc(Br)cnc1NC1(C)CC1. The molecule has 16 heavy (non-hydrogen) atoms. The molecule has 86 valence electrons. The number of rotatable bonds is 3. The van der Waals surface area contributed by atoms with Gasteiger partial charge in [-0.25, -0.2) is 9.78 Å². The molecule has 1 aromatic heterocycles. The lowest BCUT2D eigenvalue weighted by molar-refractivity contribution is 0.0601. The van der Waals surface area contributed by atoms with E-state index < -0.39 is 0 Å². The molecule has 1 aliphatic rings. The van der Waals surface area contributed by atoms with E-state index in [1.165, 1.54) is 7.11 Å². The number of hydrogen-bond acceptors (Lipinski definition) is 4. The number of carbonyl (C=O) groups excluding carboxylic acids is 1. The normalized spacial score (nSPS) is 16.7. The van der Waals surface area contributed by atoms with E-state index in [-0.39, 0.29) is 11.5 Å². The van der Waals surface area contributed by atoms with Crippen LogP contribution >= 0.6 is 15.9 Å². The maximum atomic E-state index is 11.6. The Morgan fingerprint density at radius 3 is 2.88 bits per heavy atom. The van der Waals surface area contributed by atoms with Crippen molar-refractivity contribution in [1.82, 2.24) is 4.98 Å². The van der Waals surface area contributed by atoms with Gasteiger partial charge in [-0.2, -0.15) is 0 Å². The Balaban J connectivity index is 2.31. The number of pyridine rings is 1. The van der Waals surface area contributed by atoms with Crippen LogP contribution in [0.25, 0.3) is 0 Å². The number of methoxy groups -OCH3 is 1. The average molecular weight is 285 g/mol. The Bertz CT molecular complexity index is 430. The van der Waals surface area contributed by atoms with Crippen LogP contribution in [0.4, 0.5) is 5.82 Å². The molecule has 0 bridgehead atoms. The molecule has 0 saturated heterocycles. The number of anilines is 1. The standard InChI is InChI=1S/C11H13BrN2O2/c1-11(3-4-11)14-9-8(10(15)16-2)5-7(12)6-13-9/h5-6H,3-4H2,1-2H3,(H,13,14). The summed E-state index contributed by atoms with van der Waals surface area (Å²) in [6, 6.07) is 1.72. The lowest BCUT2D eigenvalue weighted by atomic mass is 10.2. The molecule has 1 N–H and O–H groups in total. The minimum Gasteiger partial charge on any atom is -0.465 e. The fraction of sp³-hybridized carbons (Fsp3) is 0.455. The smallest absolute Gasteiger partial charge is 0.341 e. The van der Waals surface area contributed by atoms with E-state index >= 15 is 0 Å². The summed E-state index contributed by atoms with van der Waals surface area (Å²) in [5.41, 5.74) is 0.550. The van der Waals surface area contributed by atoms with Crippen molar-refractivity contribution >= 4 is 27.7 Å². The zero-order valence-electron chi connectivity index (χ0n) is 9.21. The van der Waals surface area contributed by atoms with Gasteiger partial charge in [0.15, 0.2) is 0 Å².